The standard InChI is InChI=1S/C10H9ClO2S/c11-9-3-7(4-12)1-2-10(9)14-8-5-13-6-8/h1-4,8H,5-6H2. The zero-order chi connectivity index (χ0) is 9.97. The van der Waals surface area contributed by atoms with Crippen LogP contribution in [0.3, 0.4) is 0 Å². The van der Waals surface area contributed by atoms with Crippen molar-refractivity contribution < 1.29 is 9.53 Å². The molecule has 0 radical (unpaired) electrons. The van der Waals surface area contributed by atoms with Crippen molar-refractivity contribution in [3.05, 3.63) is 28.8 Å². The summed E-state index contributed by atoms with van der Waals surface area (Å²) in [7, 11) is 0. The van der Waals surface area contributed by atoms with Gasteiger partial charge in [-0.2, -0.15) is 0 Å². The Morgan fingerprint density at radius 2 is 2.29 bits per heavy atom. The number of ether oxygens (including phenoxy) is 1. The summed E-state index contributed by atoms with van der Waals surface area (Å²) >= 11 is 7.72. The Balaban J connectivity index is 2.12. The molecule has 0 aliphatic carbocycles. The molecule has 2 rings (SSSR count). The summed E-state index contributed by atoms with van der Waals surface area (Å²) in [5, 5.41) is 1.15. The molecule has 1 aliphatic heterocycles. The Morgan fingerprint density at radius 3 is 2.79 bits per heavy atom. The molecule has 0 amide bonds. The third-order valence-corrected chi connectivity index (χ3v) is 3.63. The van der Waals surface area contributed by atoms with Crippen molar-refractivity contribution in [3.63, 3.8) is 0 Å². The molecule has 0 saturated carbocycles. The highest BCUT2D eigenvalue weighted by molar-refractivity contribution is 8.00. The molecule has 14 heavy (non-hydrogen) atoms. The predicted molar refractivity (Wildman–Crippen MR) is 57.3 cm³/mol. The van der Waals surface area contributed by atoms with Gasteiger partial charge in [0.05, 0.1) is 23.5 Å². The minimum absolute atomic E-state index is 0.509. The summed E-state index contributed by atoms with van der Waals surface area (Å²) in [5.41, 5.74) is 0.615. The van der Waals surface area contributed by atoms with E-state index >= 15 is 0 Å². The van der Waals surface area contributed by atoms with Crippen molar-refractivity contribution in [2.24, 2.45) is 0 Å². The van der Waals surface area contributed by atoms with Gasteiger partial charge in [0.15, 0.2) is 0 Å². The summed E-state index contributed by atoms with van der Waals surface area (Å²) < 4.78 is 5.07. The third-order valence-electron chi connectivity index (χ3n) is 1.99. The average molecular weight is 229 g/mol. The minimum atomic E-state index is 0.509. The lowest BCUT2D eigenvalue weighted by Gasteiger charge is -2.25. The Hall–Kier alpha value is -0.510. The Bertz CT molecular complexity index is 350. The summed E-state index contributed by atoms with van der Waals surface area (Å²) in [6.45, 7) is 1.58. The molecule has 1 aromatic carbocycles. The van der Waals surface area contributed by atoms with Gasteiger partial charge in [-0.15, -0.1) is 11.8 Å². The smallest absolute Gasteiger partial charge is 0.150 e. The molecule has 2 nitrogen and oxygen atoms in total. The van der Waals surface area contributed by atoms with Gasteiger partial charge in [-0.3, -0.25) is 4.79 Å². The quantitative estimate of drug-likeness (QED) is 0.744. The topological polar surface area (TPSA) is 26.3 Å². The van der Waals surface area contributed by atoms with Crippen LogP contribution in [0, 0.1) is 0 Å². The summed E-state index contributed by atoms with van der Waals surface area (Å²) in [6, 6.07) is 5.35. The first-order chi connectivity index (χ1) is 6.79. The van der Waals surface area contributed by atoms with Gasteiger partial charge < -0.3 is 4.74 Å². The molecule has 1 saturated heterocycles. The Labute approximate surface area is 91.6 Å². The number of aldehydes is 1. The van der Waals surface area contributed by atoms with E-state index in [1.165, 1.54) is 0 Å². The molecule has 4 heteroatoms. The van der Waals surface area contributed by atoms with Crippen LogP contribution in [-0.2, 0) is 4.74 Å². The molecule has 0 N–H and O–H groups in total. The highest BCUT2D eigenvalue weighted by Gasteiger charge is 2.20. The molecule has 1 fully saturated rings. The van der Waals surface area contributed by atoms with E-state index < -0.39 is 0 Å². The summed E-state index contributed by atoms with van der Waals surface area (Å²) in [6.07, 6.45) is 0.798. The van der Waals surface area contributed by atoms with Gasteiger partial charge in [0.2, 0.25) is 0 Å². The van der Waals surface area contributed by atoms with Crippen LogP contribution in [0.25, 0.3) is 0 Å². The summed E-state index contributed by atoms with van der Waals surface area (Å²) in [5.74, 6) is 0. The maximum absolute atomic E-state index is 10.5. The SMILES string of the molecule is O=Cc1ccc(SC2COC2)c(Cl)c1. The van der Waals surface area contributed by atoms with Gasteiger partial charge in [-0.05, 0) is 12.1 Å². The zero-order valence-corrected chi connectivity index (χ0v) is 8.98. The Morgan fingerprint density at radius 1 is 1.50 bits per heavy atom. The van der Waals surface area contributed by atoms with Crippen LogP contribution < -0.4 is 0 Å². The Kier molecular flexibility index (Phi) is 3.11. The second-order valence-electron chi connectivity index (χ2n) is 3.09. The van der Waals surface area contributed by atoms with Gasteiger partial charge in [-0.25, -0.2) is 0 Å². The predicted octanol–water partition coefficient (Wildman–Crippen LogP) is 2.64. The lowest BCUT2D eigenvalue weighted by molar-refractivity contribution is 0.0455. The lowest BCUT2D eigenvalue weighted by atomic mass is 10.2. The normalized spacial score (nSPS) is 16.4. The number of halogens is 1. The number of rotatable bonds is 3. The van der Waals surface area contributed by atoms with Crippen molar-refractivity contribution in [1.29, 1.82) is 0 Å². The van der Waals surface area contributed by atoms with E-state index in [-0.39, 0.29) is 0 Å². The number of thioether (sulfide) groups is 1. The fourth-order valence-corrected chi connectivity index (χ4v) is 2.48. The lowest BCUT2D eigenvalue weighted by Crippen LogP contribution is -2.30. The first kappa shape index (κ1) is 10.0. The largest absolute Gasteiger partial charge is 0.379 e. The number of carbonyl (C=O) groups excluding carboxylic acids is 1. The van der Waals surface area contributed by atoms with E-state index in [0.29, 0.717) is 15.8 Å². The van der Waals surface area contributed by atoms with Gasteiger partial charge in [0.1, 0.15) is 6.29 Å². The molecule has 1 heterocycles. The molecular formula is C10H9ClO2S. The average Bonchev–Trinajstić information content (AvgIpc) is 2.13. The van der Waals surface area contributed by atoms with Crippen LogP contribution in [0.5, 0.6) is 0 Å². The van der Waals surface area contributed by atoms with E-state index in [0.717, 1.165) is 24.4 Å². The highest BCUT2D eigenvalue weighted by atomic mass is 35.5. The molecule has 74 valence electrons. The minimum Gasteiger partial charge on any atom is -0.379 e. The van der Waals surface area contributed by atoms with E-state index in [1.54, 1.807) is 23.9 Å². The van der Waals surface area contributed by atoms with Crippen LogP contribution in [0.1, 0.15) is 10.4 Å². The molecular weight excluding hydrogens is 220 g/mol. The van der Waals surface area contributed by atoms with Crippen molar-refractivity contribution in [2.75, 3.05) is 13.2 Å². The van der Waals surface area contributed by atoms with Crippen molar-refractivity contribution in [1.82, 2.24) is 0 Å². The summed E-state index contributed by atoms with van der Waals surface area (Å²) in [4.78, 5) is 11.5. The maximum Gasteiger partial charge on any atom is 0.150 e. The van der Waals surface area contributed by atoms with E-state index in [9.17, 15) is 4.79 Å². The van der Waals surface area contributed by atoms with E-state index in [4.69, 9.17) is 16.3 Å². The molecule has 0 spiro atoms. The van der Waals surface area contributed by atoms with Crippen LogP contribution >= 0.6 is 23.4 Å². The molecule has 0 bridgehead atoms. The van der Waals surface area contributed by atoms with E-state index in [1.807, 2.05) is 6.07 Å². The highest BCUT2D eigenvalue weighted by Crippen LogP contribution is 2.33. The molecule has 0 atom stereocenters. The van der Waals surface area contributed by atoms with Crippen molar-refractivity contribution in [3.8, 4) is 0 Å². The second kappa shape index (κ2) is 4.34. The molecule has 1 aromatic rings. The fourth-order valence-electron chi connectivity index (χ4n) is 1.15. The van der Waals surface area contributed by atoms with E-state index in [2.05, 4.69) is 0 Å². The molecule has 1 aliphatic rings. The monoisotopic (exact) mass is 228 g/mol. The number of benzene rings is 1. The number of hydrogen-bond donors (Lipinski definition) is 0. The second-order valence-corrected chi connectivity index (χ2v) is 4.83. The third kappa shape index (κ3) is 2.11. The number of hydrogen-bond acceptors (Lipinski definition) is 3. The van der Waals surface area contributed by atoms with Gasteiger partial charge in [0.25, 0.3) is 0 Å². The van der Waals surface area contributed by atoms with Gasteiger partial charge in [0, 0.05) is 10.5 Å². The first-order valence-corrected chi connectivity index (χ1v) is 5.54. The maximum atomic E-state index is 10.5. The van der Waals surface area contributed by atoms with Crippen molar-refractivity contribution in [2.45, 2.75) is 10.1 Å². The van der Waals surface area contributed by atoms with Gasteiger partial charge in [-0.1, -0.05) is 17.7 Å². The molecule has 0 unspecified atom stereocenters. The van der Waals surface area contributed by atoms with Crippen LogP contribution in [-0.4, -0.2) is 24.7 Å². The zero-order valence-electron chi connectivity index (χ0n) is 7.40. The first-order valence-electron chi connectivity index (χ1n) is 4.29. The van der Waals surface area contributed by atoms with Crippen LogP contribution in [0.2, 0.25) is 5.02 Å². The van der Waals surface area contributed by atoms with Gasteiger partial charge >= 0.3 is 0 Å². The number of carbonyl (C=O) groups is 1. The molecule has 0 aromatic heterocycles. The van der Waals surface area contributed by atoms with Crippen LogP contribution in [0.4, 0.5) is 0 Å². The van der Waals surface area contributed by atoms with Crippen molar-refractivity contribution >= 4 is 29.6 Å². The van der Waals surface area contributed by atoms with Crippen LogP contribution in [0.15, 0.2) is 23.1 Å². The fraction of sp³-hybridized carbons (Fsp3) is 0.300.